The maximum atomic E-state index is 12.9. The lowest BCUT2D eigenvalue weighted by atomic mass is 9.92. The molecule has 0 aromatic heterocycles. The Balaban J connectivity index is 2.82. The van der Waals surface area contributed by atoms with Gasteiger partial charge in [-0.2, -0.15) is 0 Å². The fraction of sp³-hybridized carbons (Fsp3) is 0.462. The molecule has 0 saturated carbocycles. The second-order valence-corrected chi connectivity index (χ2v) is 4.59. The Bertz CT molecular complexity index is 433. The van der Waals surface area contributed by atoms with Crippen LogP contribution in [-0.2, 0) is 11.3 Å². The molecule has 0 bridgehead atoms. The van der Waals surface area contributed by atoms with Gasteiger partial charge < -0.3 is 5.11 Å². The van der Waals surface area contributed by atoms with Crippen LogP contribution < -0.4 is 5.32 Å². The first-order valence-corrected chi connectivity index (χ1v) is 6.25. The third-order valence-electron chi connectivity index (χ3n) is 3.25. The summed E-state index contributed by atoms with van der Waals surface area (Å²) in [5.74, 6) is -1.29. The average Bonchev–Trinajstić information content (AvgIpc) is 2.32. The highest BCUT2D eigenvalue weighted by Gasteiger charge is 2.34. The van der Waals surface area contributed by atoms with Gasteiger partial charge in [-0.15, -0.1) is 0 Å². The number of hydrogen-bond acceptors (Lipinski definition) is 2. The Morgan fingerprint density at radius 1 is 1.44 bits per heavy atom. The first kappa shape index (κ1) is 14.9. The molecular weight excluding hydrogens is 257 g/mol. The smallest absolute Gasteiger partial charge is 0.323 e. The highest BCUT2D eigenvalue weighted by atomic mass is 35.5. The lowest BCUT2D eigenvalue weighted by Gasteiger charge is -2.28. The van der Waals surface area contributed by atoms with Gasteiger partial charge in [0, 0.05) is 11.6 Å². The van der Waals surface area contributed by atoms with E-state index in [0.29, 0.717) is 30.0 Å². The predicted octanol–water partition coefficient (Wildman–Crippen LogP) is 3.21. The Hall–Kier alpha value is -1.13. The summed E-state index contributed by atoms with van der Waals surface area (Å²) in [6.45, 7) is 3.93. The van der Waals surface area contributed by atoms with Crippen molar-refractivity contribution in [2.24, 2.45) is 0 Å². The molecule has 18 heavy (non-hydrogen) atoms. The van der Waals surface area contributed by atoms with E-state index in [4.69, 9.17) is 11.6 Å². The Morgan fingerprint density at radius 3 is 2.50 bits per heavy atom. The van der Waals surface area contributed by atoms with E-state index in [1.54, 1.807) is 6.07 Å². The van der Waals surface area contributed by atoms with Crippen molar-refractivity contribution in [1.29, 1.82) is 0 Å². The van der Waals surface area contributed by atoms with Crippen LogP contribution in [0.3, 0.4) is 0 Å². The molecule has 0 aliphatic rings. The van der Waals surface area contributed by atoms with E-state index in [0.717, 1.165) is 0 Å². The summed E-state index contributed by atoms with van der Waals surface area (Å²) < 4.78 is 12.9. The molecular formula is C13H17ClFNO2. The summed E-state index contributed by atoms with van der Waals surface area (Å²) in [6, 6.07) is 4.09. The van der Waals surface area contributed by atoms with Crippen molar-refractivity contribution in [3.63, 3.8) is 0 Å². The van der Waals surface area contributed by atoms with E-state index in [-0.39, 0.29) is 0 Å². The van der Waals surface area contributed by atoms with Gasteiger partial charge in [-0.25, -0.2) is 4.39 Å². The van der Waals surface area contributed by atoms with E-state index in [1.165, 1.54) is 12.1 Å². The van der Waals surface area contributed by atoms with Crippen molar-refractivity contribution in [1.82, 2.24) is 5.32 Å². The van der Waals surface area contributed by atoms with Crippen LogP contribution in [0.1, 0.15) is 32.3 Å². The fourth-order valence-electron chi connectivity index (χ4n) is 1.81. The summed E-state index contributed by atoms with van der Waals surface area (Å²) in [6.07, 6.45) is 0.940. The number of carboxylic acids is 1. The molecule has 3 nitrogen and oxygen atoms in total. The van der Waals surface area contributed by atoms with Gasteiger partial charge in [0.25, 0.3) is 0 Å². The normalized spacial score (nSPS) is 11.6. The number of carboxylic acid groups (broad SMARTS) is 1. The first-order valence-electron chi connectivity index (χ1n) is 5.87. The van der Waals surface area contributed by atoms with Crippen LogP contribution in [-0.4, -0.2) is 16.6 Å². The average molecular weight is 274 g/mol. The fourth-order valence-corrected chi connectivity index (χ4v) is 2.04. The van der Waals surface area contributed by atoms with Crippen LogP contribution in [0.4, 0.5) is 4.39 Å². The highest BCUT2D eigenvalue weighted by molar-refractivity contribution is 6.31. The second-order valence-electron chi connectivity index (χ2n) is 4.18. The van der Waals surface area contributed by atoms with Crippen molar-refractivity contribution >= 4 is 17.6 Å². The van der Waals surface area contributed by atoms with E-state index < -0.39 is 17.3 Å². The third-order valence-corrected chi connectivity index (χ3v) is 3.60. The monoisotopic (exact) mass is 273 g/mol. The molecule has 0 aliphatic carbocycles. The van der Waals surface area contributed by atoms with Gasteiger partial charge in [0.15, 0.2) is 0 Å². The maximum absolute atomic E-state index is 12.9. The minimum Gasteiger partial charge on any atom is -0.480 e. The molecule has 0 heterocycles. The first-order chi connectivity index (χ1) is 8.45. The summed E-state index contributed by atoms with van der Waals surface area (Å²) in [5, 5.41) is 12.6. The van der Waals surface area contributed by atoms with Crippen molar-refractivity contribution < 1.29 is 14.3 Å². The lowest BCUT2D eigenvalue weighted by Crippen LogP contribution is -2.50. The molecule has 0 atom stereocenters. The molecule has 1 aromatic rings. The largest absolute Gasteiger partial charge is 0.480 e. The minimum absolute atomic E-state index is 0.299. The van der Waals surface area contributed by atoms with Crippen LogP contribution >= 0.6 is 11.6 Å². The molecule has 0 radical (unpaired) electrons. The van der Waals surface area contributed by atoms with Crippen LogP contribution in [0, 0.1) is 5.82 Å². The van der Waals surface area contributed by atoms with Gasteiger partial charge >= 0.3 is 5.97 Å². The van der Waals surface area contributed by atoms with Gasteiger partial charge in [0.2, 0.25) is 0 Å². The van der Waals surface area contributed by atoms with Crippen LogP contribution in [0.2, 0.25) is 5.02 Å². The molecule has 0 spiro atoms. The molecule has 1 rings (SSSR count). The molecule has 0 unspecified atom stereocenters. The van der Waals surface area contributed by atoms with Crippen LogP contribution in [0.15, 0.2) is 18.2 Å². The zero-order chi connectivity index (χ0) is 13.8. The number of benzene rings is 1. The van der Waals surface area contributed by atoms with E-state index in [1.807, 2.05) is 13.8 Å². The second kappa shape index (κ2) is 6.16. The molecule has 0 amide bonds. The third kappa shape index (κ3) is 3.21. The maximum Gasteiger partial charge on any atom is 0.323 e. The topological polar surface area (TPSA) is 49.3 Å². The Kier molecular flexibility index (Phi) is 5.11. The standard InChI is InChI=1S/C13H17ClFNO2/c1-3-13(4-2,12(17)18)16-8-9-5-6-10(15)7-11(9)14/h5-7,16H,3-4,8H2,1-2H3,(H,17,18). The number of aliphatic carboxylic acids is 1. The zero-order valence-corrected chi connectivity index (χ0v) is 11.2. The minimum atomic E-state index is -0.961. The predicted molar refractivity (Wildman–Crippen MR) is 69.2 cm³/mol. The van der Waals surface area contributed by atoms with Crippen LogP contribution in [0.5, 0.6) is 0 Å². The lowest BCUT2D eigenvalue weighted by molar-refractivity contribution is -0.145. The number of rotatable bonds is 6. The van der Waals surface area contributed by atoms with Crippen molar-refractivity contribution in [3.8, 4) is 0 Å². The van der Waals surface area contributed by atoms with Crippen molar-refractivity contribution in [2.75, 3.05) is 0 Å². The van der Waals surface area contributed by atoms with Crippen molar-refractivity contribution in [2.45, 2.75) is 38.8 Å². The van der Waals surface area contributed by atoms with E-state index in [9.17, 15) is 14.3 Å². The number of nitrogens with one attached hydrogen (secondary N) is 1. The van der Waals surface area contributed by atoms with Gasteiger partial charge in [-0.3, -0.25) is 10.1 Å². The number of hydrogen-bond donors (Lipinski definition) is 2. The highest BCUT2D eigenvalue weighted by Crippen LogP contribution is 2.20. The van der Waals surface area contributed by atoms with Gasteiger partial charge in [0.1, 0.15) is 11.4 Å². The van der Waals surface area contributed by atoms with E-state index >= 15 is 0 Å². The molecule has 0 fully saturated rings. The Morgan fingerprint density at radius 2 is 2.06 bits per heavy atom. The molecule has 5 heteroatoms. The summed E-state index contributed by atoms with van der Waals surface area (Å²) in [4.78, 5) is 11.3. The quantitative estimate of drug-likeness (QED) is 0.837. The summed E-state index contributed by atoms with van der Waals surface area (Å²) in [7, 11) is 0. The van der Waals surface area contributed by atoms with Gasteiger partial charge in [-0.05, 0) is 30.5 Å². The van der Waals surface area contributed by atoms with Gasteiger partial charge in [0.05, 0.1) is 0 Å². The molecule has 1 aromatic carbocycles. The zero-order valence-electron chi connectivity index (χ0n) is 10.5. The Labute approximate surface area is 111 Å². The molecule has 100 valence electrons. The number of halogens is 2. The van der Waals surface area contributed by atoms with Gasteiger partial charge in [-0.1, -0.05) is 31.5 Å². The molecule has 2 N–H and O–H groups in total. The number of carbonyl (C=O) groups is 1. The summed E-state index contributed by atoms with van der Waals surface area (Å²) in [5.41, 5.74) is -0.275. The molecule has 0 aliphatic heterocycles. The van der Waals surface area contributed by atoms with Crippen molar-refractivity contribution in [3.05, 3.63) is 34.6 Å². The molecule has 0 saturated heterocycles. The SMILES string of the molecule is CCC(CC)(NCc1ccc(F)cc1Cl)C(=O)O. The van der Waals surface area contributed by atoms with Crippen LogP contribution in [0.25, 0.3) is 0 Å². The summed E-state index contributed by atoms with van der Waals surface area (Å²) >= 11 is 5.90. The van der Waals surface area contributed by atoms with E-state index in [2.05, 4.69) is 5.32 Å².